The Morgan fingerprint density at radius 2 is 2.00 bits per heavy atom. The topological polar surface area (TPSA) is 56.9 Å². The SMILES string of the molecule is CN=C(NCc1coc(-c2ccccc2)n1)N1CCC(N2CCCCC2)C1. The van der Waals surface area contributed by atoms with E-state index in [1.165, 1.54) is 38.8 Å². The maximum Gasteiger partial charge on any atom is 0.226 e. The first kappa shape index (κ1) is 18.0. The third-order valence-corrected chi connectivity index (χ3v) is 5.58. The highest BCUT2D eigenvalue weighted by Gasteiger charge is 2.29. The van der Waals surface area contributed by atoms with Gasteiger partial charge in [-0.1, -0.05) is 24.6 Å². The lowest BCUT2D eigenvalue weighted by atomic mass is 10.1. The lowest BCUT2D eigenvalue weighted by molar-refractivity contribution is 0.168. The van der Waals surface area contributed by atoms with E-state index in [2.05, 4.69) is 25.1 Å². The zero-order valence-electron chi connectivity index (χ0n) is 16.1. The minimum absolute atomic E-state index is 0.619. The van der Waals surface area contributed by atoms with Crippen LogP contribution in [0.5, 0.6) is 0 Å². The molecular formula is C21H29N5O. The van der Waals surface area contributed by atoms with Gasteiger partial charge in [0.1, 0.15) is 6.26 Å². The summed E-state index contributed by atoms with van der Waals surface area (Å²) in [7, 11) is 1.86. The maximum atomic E-state index is 5.63. The molecule has 1 aromatic heterocycles. The number of guanidine groups is 1. The molecule has 2 aliphatic heterocycles. The Balaban J connectivity index is 1.31. The molecule has 0 amide bonds. The van der Waals surface area contributed by atoms with Crippen molar-refractivity contribution in [3.05, 3.63) is 42.3 Å². The highest BCUT2D eigenvalue weighted by molar-refractivity contribution is 5.80. The largest absolute Gasteiger partial charge is 0.444 e. The number of aromatic nitrogens is 1. The number of hydrogen-bond acceptors (Lipinski definition) is 4. The summed E-state index contributed by atoms with van der Waals surface area (Å²) in [6, 6.07) is 10.7. The number of aliphatic imine (C=N–C) groups is 1. The molecule has 1 aromatic carbocycles. The molecule has 6 heteroatoms. The summed E-state index contributed by atoms with van der Waals surface area (Å²) in [6.07, 6.45) is 7.03. The van der Waals surface area contributed by atoms with Crippen molar-refractivity contribution < 1.29 is 4.42 Å². The summed E-state index contributed by atoms with van der Waals surface area (Å²) < 4.78 is 5.63. The molecule has 2 fully saturated rings. The van der Waals surface area contributed by atoms with Crippen LogP contribution in [0.4, 0.5) is 0 Å². The van der Waals surface area contributed by atoms with Gasteiger partial charge >= 0.3 is 0 Å². The van der Waals surface area contributed by atoms with Crippen LogP contribution in [0.2, 0.25) is 0 Å². The third-order valence-electron chi connectivity index (χ3n) is 5.58. The molecule has 1 atom stereocenters. The third kappa shape index (κ3) is 4.33. The highest BCUT2D eigenvalue weighted by Crippen LogP contribution is 2.21. The van der Waals surface area contributed by atoms with Crippen molar-refractivity contribution in [2.24, 2.45) is 4.99 Å². The molecule has 144 valence electrons. The van der Waals surface area contributed by atoms with Crippen LogP contribution in [0, 0.1) is 0 Å². The van der Waals surface area contributed by atoms with Crippen LogP contribution in [0.25, 0.3) is 11.5 Å². The molecule has 1 N–H and O–H groups in total. The van der Waals surface area contributed by atoms with Crippen molar-refractivity contribution in [2.45, 2.75) is 38.3 Å². The monoisotopic (exact) mass is 367 g/mol. The quantitative estimate of drug-likeness (QED) is 0.665. The zero-order chi connectivity index (χ0) is 18.5. The Kier molecular flexibility index (Phi) is 5.72. The Morgan fingerprint density at radius 1 is 1.19 bits per heavy atom. The first-order chi connectivity index (χ1) is 13.3. The summed E-state index contributed by atoms with van der Waals surface area (Å²) in [5.74, 6) is 1.62. The van der Waals surface area contributed by atoms with Gasteiger partial charge in [0.25, 0.3) is 0 Å². The van der Waals surface area contributed by atoms with Crippen LogP contribution in [-0.2, 0) is 6.54 Å². The summed E-state index contributed by atoms with van der Waals surface area (Å²) >= 11 is 0. The standard InChI is InChI=1S/C21H29N5O/c1-22-21(26-13-10-19(15-26)25-11-6-3-7-12-25)23-14-18-16-27-20(24-18)17-8-4-2-5-9-17/h2,4-5,8-9,16,19H,3,6-7,10-15H2,1H3,(H,22,23). The van der Waals surface area contributed by atoms with E-state index in [4.69, 9.17) is 4.42 Å². The van der Waals surface area contributed by atoms with Gasteiger partial charge in [-0.3, -0.25) is 9.89 Å². The van der Waals surface area contributed by atoms with Crippen molar-refractivity contribution in [3.63, 3.8) is 0 Å². The number of hydrogen-bond donors (Lipinski definition) is 1. The second kappa shape index (κ2) is 8.57. The fraction of sp³-hybridized carbons (Fsp3) is 0.524. The predicted molar refractivity (Wildman–Crippen MR) is 108 cm³/mol. The van der Waals surface area contributed by atoms with E-state index in [1.54, 1.807) is 6.26 Å². The van der Waals surface area contributed by atoms with E-state index in [0.29, 0.717) is 18.5 Å². The molecule has 0 spiro atoms. The van der Waals surface area contributed by atoms with Gasteiger partial charge in [0.2, 0.25) is 5.89 Å². The van der Waals surface area contributed by atoms with Crippen molar-refractivity contribution in [1.29, 1.82) is 0 Å². The normalized spacial score (nSPS) is 21.6. The van der Waals surface area contributed by atoms with Crippen LogP contribution >= 0.6 is 0 Å². The van der Waals surface area contributed by atoms with E-state index >= 15 is 0 Å². The van der Waals surface area contributed by atoms with Crippen LogP contribution < -0.4 is 5.32 Å². The van der Waals surface area contributed by atoms with Crippen LogP contribution in [0.1, 0.15) is 31.4 Å². The first-order valence-corrected chi connectivity index (χ1v) is 10.0. The summed E-state index contributed by atoms with van der Waals surface area (Å²) in [4.78, 5) is 14.1. The molecule has 4 rings (SSSR count). The number of nitrogens with zero attached hydrogens (tertiary/aromatic N) is 4. The molecule has 2 aromatic rings. The number of oxazole rings is 1. The average molecular weight is 367 g/mol. The van der Waals surface area contributed by atoms with Crippen LogP contribution in [-0.4, -0.2) is 60.0 Å². The maximum absolute atomic E-state index is 5.63. The molecule has 0 aliphatic carbocycles. The number of nitrogens with one attached hydrogen (secondary N) is 1. The molecule has 1 unspecified atom stereocenters. The smallest absolute Gasteiger partial charge is 0.226 e. The molecule has 0 radical (unpaired) electrons. The predicted octanol–water partition coefficient (Wildman–Crippen LogP) is 2.98. The van der Waals surface area contributed by atoms with E-state index in [0.717, 1.165) is 30.3 Å². The first-order valence-electron chi connectivity index (χ1n) is 10.0. The molecule has 3 heterocycles. The van der Waals surface area contributed by atoms with Gasteiger partial charge in [0.15, 0.2) is 5.96 Å². The van der Waals surface area contributed by atoms with Gasteiger partial charge in [0, 0.05) is 31.7 Å². The summed E-state index contributed by atoms with van der Waals surface area (Å²) in [5, 5.41) is 3.45. The van der Waals surface area contributed by atoms with Crippen LogP contribution in [0.15, 0.2) is 46.0 Å². The van der Waals surface area contributed by atoms with Gasteiger partial charge in [-0.25, -0.2) is 4.98 Å². The van der Waals surface area contributed by atoms with Gasteiger partial charge in [0.05, 0.1) is 12.2 Å². The fourth-order valence-electron chi connectivity index (χ4n) is 4.12. The molecule has 6 nitrogen and oxygen atoms in total. The molecule has 2 aliphatic rings. The van der Waals surface area contributed by atoms with E-state index in [-0.39, 0.29) is 0 Å². The molecular weight excluding hydrogens is 338 g/mol. The van der Waals surface area contributed by atoms with Gasteiger partial charge in [-0.2, -0.15) is 0 Å². The molecule has 0 saturated carbocycles. The lowest BCUT2D eigenvalue weighted by Gasteiger charge is -2.32. The van der Waals surface area contributed by atoms with Crippen LogP contribution in [0.3, 0.4) is 0 Å². The lowest BCUT2D eigenvalue weighted by Crippen LogP contribution is -2.44. The Labute approximate surface area is 161 Å². The highest BCUT2D eigenvalue weighted by atomic mass is 16.3. The number of likely N-dealkylation sites (tertiary alicyclic amines) is 2. The number of rotatable bonds is 4. The van der Waals surface area contributed by atoms with Crippen molar-refractivity contribution >= 4 is 5.96 Å². The van der Waals surface area contributed by atoms with Crippen molar-refractivity contribution in [2.75, 3.05) is 33.2 Å². The molecule has 2 saturated heterocycles. The fourth-order valence-corrected chi connectivity index (χ4v) is 4.12. The van der Waals surface area contributed by atoms with Gasteiger partial charge in [-0.15, -0.1) is 0 Å². The second-order valence-electron chi connectivity index (χ2n) is 7.40. The van der Waals surface area contributed by atoms with Gasteiger partial charge < -0.3 is 14.6 Å². The second-order valence-corrected chi connectivity index (χ2v) is 7.40. The van der Waals surface area contributed by atoms with E-state index in [9.17, 15) is 0 Å². The van der Waals surface area contributed by atoms with E-state index in [1.807, 2.05) is 37.4 Å². The Bertz CT molecular complexity index is 751. The number of benzene rings is 1. The Hall–Kier alpha value is -2.34. The average Bonchev–Trinajstić information content (AvgIpc) is 3.40. The Morgan fingerprint density at radius 3 is 2.78 bits per heavy atom. The number of piperidine rings is 1. The summed E-state index contributed by atoms with van der Waals surface area (Å²) in [5.41, 5.74) is 1.89. The van der Waals surface area contributed by atoms with Gasteiger partial charge in [-0.05, 0) is 44.5 Å². The molecule has 0 bridgehead atoms. The summed E-state index contributed by atoms with van der Waals surface area (Å²) in [6.45, 7) is 5.26. The zero-order valence-corrected chi connectivity index (χ0v) is 16.1. The van der Waals surface area contributed by atoms with Crippen molar-refractivity contribution in [3.8, 4) is 11.5 Å². The minimum atomic E-state index is 0.619. The molecule has 27 heavy (non-hydrogen) atoms. The van der Waals surface area contributed by atoms with E-state index < -0.39 is 0 Å². The minimum Gasteiger partial charge on any atom is -0.444 e. The van der Waals surface area contributed by atoms with Crippen molar-refractivity contribution in [1.82, 2.24) is 20.1 Å².